The minimum Gasteiger partial charge on any atom is -0.277 e. The predicted molar refractivity (Wildman–Crippen MR) is 181 cm³/mol. The molecule has 0 saturated carbocycles. The van der Waals surface area contributed by atoms with Gasteiger partial charge in [0.05, 0.1) is 32.5 Å². The molecule has 0 aliphatic rings. The van der Waals surface area contributed by atoms with Gasteiger partial charge in [0.2, 0.25) is 5.95 Å². The van der Waals surface area contributed by atoms with E-state index in [9.17, 15) is 0 Å². The maximum Gasteiger partial charge on any atom is 0.235 e. The highest BCUT2D eigenvalue weighted by molar-refractivity contribution is 7.30. The monoisotopic (exact) mass is 585 g/mol. The fourth-order valence-corrected chi connectivity index (χ4v) is 9.11. The average molecular weight is 586 g/mol. The van der Waals surface area contributed by atoms with Crippen molar-refractivity contribution in [3.63, 3.8) is 0 Å². The maximum absolute atomic E-state index is 5.33. The Balaban J connectivity index is 1.49. The van der Waals surface area contributed by atoms with Crippen LogP contribution in [0, 0.1) is 0 Å². The van der Waals surface area contributed by atoms with Crippen molar-refractivity contribution >= 4 is 95.9 Å². The van der Waals surface area contributed by atoms with Gasteiger partial charge >= 0.3 is 0 Å². The molecule has 5 aromatic carbocycles. The number of fused-ring (bicyclic) bond motifs is 13. The molecular weight excluding hydrogens is 567 g/mol. The second-order valence-electron chi connectivity index (χ2n) is 10.7. The maximum atomic E-state index is 5.33. The number of aromatic nitrogens is 5. The standard InChI is InChI=1S/C36H19N5S2/c1-2-10-20(11-3-1)31-21-12-4-7-15-24(21)39-36(40-31)41-25-16-8-5-13-22(25)28-33(41)30-32-27(18-37-19-38-32)43-35(30)29-23-14-6-9-17-26(23)42-34(28)29/h1-19H. The Kier molecular flexibility index (Phi) is 4.69. The van der Waals surface area contributed by atoms with Crippen LogP contribution in [-0.4, -0.2) is 24.5 Å². The van der Waals surface area contributed by atoms with Crippen molar-refractivity contribution in [2.24, 2.45) is 0 Å². The van der Waals surface area contributed by atoms with Gasteiger partial charge in [0.15, 0.2) is 0 Å². The van der Waals surface area contributed by atoms with Crippen molar-refractivity contribution < 1.29 is 0 Å². The highest BCUT2D eigenvalue weighted by atomic mass is 32.1. The Morgan fingerprint density at radius 2 is 1.30 bits per heavy atom. The lowest BCUT2D eigenvalue weighted by Crippen LogP contribution is -2.03. The quantitative estimate of drug-likeness (QED) is 0.203. The van der Waals surface area contributed by atoms with E-state index in [1.807, 2.05) is 29.7 Å². The second-order valence-corrected chi connectivity index (χ2v) is 12.8. The van der Waals surface area contributed by atoms with Crippen LogP contribution in [0.2, 0.25) is 0 Å². The summed E-state index contributed by atoms with van der Waals surface area (Å²) >= 11 is 3.63. The third kappa shape index (κ3) is 3.15. The lowest BCUT2D eigenvalue weighted by molar-refractivity contribution is 1.02. The highest BCUT2D eigenvalue weighted by Crippen LogP contribution is 2.51. The molecule has 5 nitrogen and oxygen atoms in total. The normalized spacial score (nSPS) is 12.2. The first kappa shape index (κ1) is 23.3. The summed E-state index contributed by atoms with van der Waals surface area (Å²) < 4.78 is 7.12. The molecule has 7 heteroatoms. The van der Waals surface area contributed by atoms with E-state index in [-0.39, 0.29) is 0 Å². The van der Waals surface area contributed by atoms with Crippen LogP contribution in [0.25, 0.3) is 90.4 Å². The van der Waals surface area contributed by atoms with Crippen LogP contribution in [0.4, 0.5) is 0 Å². The molecule has 0 radical (unpaired) electrons. The van der Waals surface area contributed by atoms with Crippen LogP contribution in [0.3, 0.4) is 0 Å². The lowest BCUT2D eigenvalue weighted by Gasteiger charge is -2.12. The molecule has 5 aromatic heterocycles. The minimum absolute atomic E-state index is 0.652. The molecule has 0 N–H and O–H groups in total. The summed E-state index contributed by atoms with van der Waals surface area (Å²) in [5, 5.41) is 7.13. The lowest BCUT2D eigenvalue weighted by atomic mass is 10.0. The number of rotatable bonds is 2. The van der Waals surface area contributed by atoms with Gasteiger partial charge in [0, 0.05) is 58.2 Å². The highest BCUT2D eigenvalue weighted by Gasteiger charge is 2.26. The summed E-state index contributed by atoms with van der Waals surface area (Å²) in [6.45, 7) is 0. The van der Waals surface area contributed by atoms with Crippen molar-refractivity contribution in [2.45, 2.75) is 0 Å². The topological polar surface area (TPSA) is 56.5 Å². The van der Waals surface area contributed by atoms with Crippen LogP contribution >= 0.6 is 22.7 Å². The summed E-state index contributed by atoms with van der Waals surface area (Å²) in [5.74, 6) is 0.652. The molecule has 0 atom stereocenters. The molecule has 200 valence electrons. The van der Waals surface area contributed by atoms with Crippen LogP contribution in [0.5, 0.6) is 0 Å². The predicted octanol–water partition coefficient (Wildman–Crippen LogP) is 9.92. The van der Waals surface area contributed by atoms with Crippen LogP contribution in [-0.2, 0) is 0 Å². The molecule has 10 rings (SSSR count). The third-order valence-corrected chi connectivity index (χ3v) is 10.7. The molecule has 0 bridgehead atoms. The minimum atomic E-state index is 0.652. The number of para-hydroxylation sites is 2. The number of hydrogen-bond donors (Lipinski definition) is 0. The molecule has 0 fully saturated rings. The molecule has 0 amide bonds. The fraction of sp³-hybridized carbons (Fsp3) is 0. The van der Waals surface area contributed by atoms with Crippen molar-refractivity contribution in [1.29, 1.82) is 0 Å². The summed E-state index contributed by atoms with van der Waals surface area (Å²) in [6, 6.07) is 36.0. The van der Waals surface area contributed by atoms with Crippen LogP contribution in [0.1, 0.15) is 0 Å². The first-order valence-corrected chi connectivity index (χ1v) is 15.7. The number of benzene rings is 5. The zero-order valence-corrected chi connectivity index (χ0v) is 24.2. The number of nitrogens with zero attached hydrogens (tertiary/aromatic N) is 5. The van der Waals surface area contributed by atoms with Crippen molar-refractivity contribution in [1.82, 2.24) is 24.5 Å². The molecule has 10 aromatic rings. The first-order valence-electron chi connectivity index (χ1n) is 14.1. The summed E-state index contributed by atoms with van der Waals surface area (Å²) in [5.41, 5.74) is 6.03. The van der Waals surface area contributed by atoms with E-state index >= 15 is 0 Å². The Labute approximate surface area is 252 Å². The number of hydrogen-bond acceptors (Lipinski definition) is 6. The summed E-state index contributed by atoms with van der Waals surface area (Å²) in [6.07, 6.45) is 3.59. The molecule has 0 aliphatic carbocycles. The van der Waals surface area contributed by atoms with E-state index in [2.05, 4.69) is 101 Å². The van der Waals surface area contributed by atoms with E-state index in [1.165, 1.54) is 35.6 Å². The van der Waals surface area contributed by atoms with Crippen LogP contribution in [0.15, 0.2) is 116 Å². The smallest absolute Gasteiger partial charge is 0.235 e. The van der Waals surface area contributed by atoms with E-state index in [0.29, 0.717) is 5.95 Å². The average Bonchev–Trinajstić information content (AvgIpc) is 3.74. The van der Waals surface area contributed by atoms with Gasteiger partial charge in [-0.15, -0.1) is 22.7 Å². The first-order chi connectivity index (χ1) is 21.3. The van der Waals surface area contributed by atoms with Gasteiger partial charge in [0.1, 0.15) is 6.33 Å². The Morgan fingerprint density at radius 3 is 2.21 bits per heavy atom. The van der Waals surface area contributed by atoms with E-state index in [1.54, 1.807) is 17.7 Å². The van der Waals surface area contributed by atoms with Gasteiger partial charge in [-0.2, -0.15) is 0 Å². The summed E-state index contributed by atoms with van der Waals surface area (Å²) in [4.78, 5) is 19.8. The molecular formula is C36H19N5S2. The van der Waals surface area contributed by atoms with Gasteiger partial charge in [-0.25, -0.2) is 19.9 Å². The SMILES string of the molecule is c1ccc(-c2nc(-n3c4ccccc4c4c5sc6ccccc6c5c5sc6cncnc6c5c43)nc3ccccc23)cc1. The molecule has 5 heterocycles. The molecule has 0 unspecified atom stereocenters. The molecule has 43 heavy (non-hydrogen) atoms. The fourth-order valence-electron chi connectivity index (χ4n) is 6.59. The van der Waals surface area contributed by atoms with E-state index in [0.717, 1.165) is 48.8 Å². The summed E-state index contributed by atoms with van der Waals surface area (Å²) in [7, 11) is 0. The Bertz CT molecular complexity index is 2710. The van der Waals surface area contributed by atoms with Gasteiger partial charge in [-0.3, -0.25) is 4.57 Å². The molecule has 0 saturated heterocycles. The van der Waals surface area contributed by atoms with Crippen molar-refractivity contribution in [3.05, 3.63) is 116 Å². The largest absolute Gasteiger partial charge is 0.277 e. The van der Waals surface area contributed by atoms with Gasteiger partial charge in [0.25, 0.3) is 0 Å². The molecule has 0 spiro atoms. The van der Waals surface area contributed by atoms with Gasteiger partial charge in [-0.1, -0.05) is 84.9 Å². The molecule has 0 aliphatic heterocycles. The van der Waals surface area contributed by atoms with E-state index in [4.69, 9.17) is 15.0 Å². The van der Waals surface area contributed by atoms with Crippen LogP contribution < -0.4 is 0 Å². The number of thiophene rings is 2. The van der Waals surface area contributed by atoms with Crippen molar-refractivity contribution in [2.75, 3.05) is 0 Å². The van der Waals surface area contributed by atoms with Crippen molar-refractivity contribution in [3.8, 4) is 17.2 Å². The van der Waals surface area contributed by atoms with E-state index < -0.39 is 0 Å². The van der Waals surface area contributed by atoms with Gasteiger partial charge in [-0.05, 0) is 18.2 Å². The third-order valence-electron chi connectivity index (χ3n) is 8.35. The Morgan fingerprint density at radius 1 is 0.581 bits per heavy atom. The zero-order valence-electron chi connectivity index (χ0n) is 22.5. The Hall–Kier alpha value is -5.24. The van der Waals surface area contributed by atoms with Gasteiger partial charge < -0.3 is 0 Å². The zero-order chi connectivity index (χ0) is 28.1. The second kappa shape index (κ2) is 8.64.